The average Bonchev–Trinajstić information content (AvgIpc) is 2.67. The number of halogens is 1. The van der Waals surface area contributed by atoms with Gasteiger partial charge in [0, 0.05) is 29.9 Å². The number of carbonyl (C=O) groups is 1. The number of amides is 1. The number of methoxy groups -OCH3 is 1. The predicted molar refractivity (Wildman–Crippen MR) is 109 cm³/mol. The van der Waals surface area contributed by atoms with Crippen LogP contribution < -0.4 is 14.8 Å². The third-order valence-electron chi connectivity index (χ3n) is 3.72. The maximum Gasteiger partial charge on any atom is 0.259 e. The fourth-order valence-corrected chi connectivity index (χ4v) is 2.59. The zero-order valence-corrected chi connectivity index (χ0v) is 16.4. The molecule has 0 aliphatic carbocycles. The van der Waals surface area contributed by atoms with E-state index in [1.54, 1.807) is 44.6 Å². The van der Waals surface area contributed by atoms with Gasteiger partial charge in [0.1, 0.15) is 18.1 Å². The van der Waals surface area contributed by atoms with Crippen LogP contribution in [0.5, 0.6) is 11.5 Å². The van der Waals surface area contributed by atoms with Gasteiger partial charge in [-0.2, -0.15) is 0 Å². The molecular weight excluding hydrogens is 364 g/mol. The number of aliphatic imine (C=N–C) groups is 1. The first-order valence-corrected chi connectivity index (χ1v) is 8.94. The number of nitrogens with zero attached hydrogens (tertiary/aromatic N) is 1. The molecule has 0 bridgehead atoms. The van der Waals surface area contributed by atoms with E-state index in [1.807, 2.05) is 31.2 Å². The van der Waals surface area contributed by atoms with Crippen LogP contribution in [0.3, 0.4) is 0 Å². The van der Waals surface area contributed by atoms with Crippen LogP contribution in [0, 0.1) is 0 Å². The lowest BCUT2D eigenvalue weighted by Gasteiger charge is -2.14. The first-order valence-electron chi connectivity index (χ1n) is 8.57. The van der Waals surface area contributed by atoms with Gasteiger partial charge in [-0.05, 0) is 24.6 Å². The Hall–Kier alpha value is -2.79. The fourth-order valence-electron chi connectivity index (χ4n) is 2.40. The van der Waals surface area contributed by atoms with Crippen molar-refractivity contribution in [1.82, 2.24) is 5.32 Å². The largest absolute Gasteiger partial charge is 0.497 e. The van der Waals surface area contributed by atoms with E-state index in [0.717, 1.165) is 12.0 Å². The van der Waals surface area contributed by atoms with Gasteiger partial charge in [-0.15, -0.1) is 0 Å². The number of benzene rings is 2. The van der Waals surface area contributed by atoms with Crippen LogP contribution in [0.4, 0.5) is 0 Å². The molecular formula is C21H23ClN2O3. The topological polar surface area (TPSA) is 59.9 Å². The van der Waals surface area contributed by atoms with E-state index in [9.17, 15) is 4.79 Å². The molecule has 5 nitrogen and oxygen atoms in total. The van der Waals surface area contributed by atoms with Crippen molar-refractivity contribution in [1.29, 1.82) is 0 Å². The standard InChI is InChI=1S/C21H23ClN2O3/c1-4-7-16(13-23-2)24-21(25)18-11-10-17(26-3)12-20(18)27-14-15-8-5-6-9-19(15)22/h5-13H,4,14H2,1-3H3,(H,24,25)/b16-7+,23-13?. The molecule has 0 saturated carbocycles. The highest BCUT2D eigenvalue weighted by Crippen LogP contribution is 2.27. The molecule has 6 heteroatoms. The maximum atomic E-state index is 12.7. The second-order valence-electron chi connectivity index (χ2n) is 5.65. The number of rotatable bonds is 8. The molecule has 142 valence electrons. The Balaban J connectivity index is 2.26. The second kappa shape index (κ2) is 10.4. The number of ether oxygens (including phenoxy) is 2. The van der Waals surface area contributed by atoms with Crippen LogP contribution >= 0.6 is 11.6 Å². The maximum absolute atomic E-state index is 12.7. The highest BCUT2D eigenvalue weighted by molar-refractivity contribution is 6.31. The fraction of sp³-hybridized carbons (Fsp3) is 0.238. The number of hydrogen-bond acceptors (Lipinski definition) is 4. The quantitative estimate of drug-likeness (QED) is 0.671. The lowest BCUT2D eigenvalue weighted by atomic mass is 10.1. The first-order chi connectivity index (χ1) is 13.1. The molecule has 2 aromatic carbocycles. The van der Waals surface area contributed by atoms with Gasteiger partial charge in [0.05, 0.1) is 18.4 Å². The molecule has 1 amide bonds. The molecule has 0 unspecified atom stereocenters. The molecule has 0 aromatic heterocycles. The number of hydrogen-bond donors (Lipinski definition) is 1. The molecule has 27 heavy (non-hydrogen) atoms. The third-order valence-corrected chi connectivity index (χ3v) is 4.09. The Bertz CT molecular complexity index is 847. The molecule has 0 atom stereocenters. The molecule has 2 aromatic rings. The van der Waals surface area contributed by atoms with Crippen LogP contribution in [0.15, 0.2) is 59.2 Å². The molecule has 2 rings (SSSR count). The Kier molecular flexibility index (Phi) is 7.89. The Labute approximate surface area is 164 Å². The molecule has 0 radical (unpaired) electrons. The van der Waals surface area contributed by atoms with E-state index < -0.39 is 0 Å². The summed E-state index contributed by atoms with van der Waals surface area (Å²) < 4.78 is 11.1. The lowest BCUT2D eigenvalue weighted by Crippen LogP contribution is -2.24. The summed E-state index contributed by atoms with van der Waals surface area (Å²) in [6.07, 6.45) is 4.27. The van der Waals surface area contributed by atoms with Crippen molar-refractivity contribution in [3.63, 3.8) is 0 Å². The van der Waals surface area contributed by atoms with Gasteiger partial charge in [-0.3, -0.25) is 9.79 Å². The highest BCUT2D eigenvalue weighted by Gasteiger charge is 2.15. The Morgan fingerprint density at radius 2 is 2.04 bits per heavy atom. The molecule has 0 spiro atoms. The van der Waals surface area contributed by atoms with Gasteiger partial charge < -0.3 is 14.8 Å². The summed E-state index contributed by atoms with van der Waals surface area (Å²) in [5, 5.41) is 3.46. The van der Waals surface area contributed by atoms with E-state index in [1.165, 1.54) is 0 Å². The van der Waals surface area contributed by atoms with Gasteiger partial charge >= 0.3 is 0 Å². The molecule has 1 N–H and O–H groups in total. The minimum absolute atomic E-state index is 0.237. The van der Waals surface area contributed by atoms with Gasteiger partial charge in [-0.25, -0.2) is 0 Å². The van der Waals surface area contributed by atoms with E-state index in [-0.39, 0.29) is 12.5 Å². The van der Waals surface area contributed by atoms with E-state index >= 15 is 0 Å². The third kappa shape index (κ3) is 5.86. The summed E-state index contributed by atoms with van der Waals surface area (Å²) in [6.45, 7) is 2.22. The summed E-state index contributed by atoms with van der Waals surface area (Å²) in [7, 11) is 3.22. The van der Waals surface area contributed by atoms with Crippen LogP contribution in [-0.4, -0.2) is 26.3 Å². The van der Waals surface area contributed by atoms with Crippen molar-refractivity contribution in [2.45, 2.75) is 20.0 Å². The van der Waals surface area contributed by atoms with Crippen molar-refractivity contribution in [3.8, 4) is 11.5 Å². The predicted octanol–water partition coefficient (Wildman–Crippen LogP) is 4.65. The van der Waals surface area contributed by atoms with E-state index in [0.29, 0.717) is 27.8 Å². The average molecular weight is 387 g/mol. The molecule has 0 heterocycles. The van der Waals surface area contributed by atoms with Crippen LogP contribution in [0.1, 0.15) is 29.3 Å². The smallest absolute Gasteiger partial charge is 0.259 e. The number of nitrogens with one attached hydrogen (secondary N) is 1. The first kappa shape index (κ1) is 20.5. The molecule has 0 aliphatic heterocycles. The molecule has 0 aliphatic rings. The molecule has 0 fully saturated rings. The zero-order chi connectivity index (χ0) is 19.6. The van der Waals surface area contributed by atoms with Gasteiger partial charge in [0.25, 0.3) is 5.91 Å². The van der Waals surface area contributed by atoms with Crippen LogP contribution in [0.2, 0.25) is 5.02 Å². The minimum Gasteiger partial charge on any atom is -0.497 e. The summed E-state index contributed by atoms with van der Waals surface area (Å²) in [5.74, 6) is 0.725. The normalized spacial score (nSPS) is 11.5. The van der Waals surface area contributed by atoms with Gasteiger partial charge in [0.2, 0.25) is 0 Å². The highest BCUT2D eigenvalue weighted by atomic mass is 35.5. The minimum atomic E-state index is -0.286. The summed E-state index contributed by atoms with van der Waals surface area (Å²) in [4.78, 5) is 16.7. The summed E-state index contributed by atoms with van der Waals surface area (Å²) in [5.41, 5.74) is 1.87. The summed E-state index contributed by atoms with van der Waals surface area (Å²) >= 11 is 6.18. The van der Waals surface area contributed by atoms with Crippen LogP contribution in [-0.2, 0) is 6.61 Å². The van der Waals surface area contributed by atoms with Gasteiger partial charge in [-0.1, -0.05) is 42.8 Å². The summed E-state index contributed by atoms with van der Waals surface area (Å²) in [6, 6.07) is 12.5. The van der Waals surface area contributed by atoms with E-state index in [4.69, 9.17) is 21.1 Å². The van der Waals surface area contributed by atoms with Crippen molar-refractivity contribution in [3.05, 3.63) is 70.4 Å². The van der Waals surface area contributed by atoms with Crippen molar-refractivity contribution in [2.75, 3.05) is 14.2 Å². The van der Waals surface area contributed by atoms with Crippen molar-refractivity contribution in [2.24, 2.45) is 4.99 Å². The van der Waals surface area contributed by atoms with Crippen molar-refractivity contribution >= 4 is 23.7 Å². The Morgan fingerprint density at radius 1 is 1.26 bits per heavy atom. The molecule has 0 saturated heterocycles. The number of carbonyl (C=O) groups excluding carboxylic acids is 1. The van der Waals surface area contributed by atoms with E-state index in [2.05, 4.69) is 10.3 Å². The monoisotopic (exact) mass is 386 g/mol. The van der Waals surface area contributed by atoms with Crippen molar-refractivity contribution < 1.29 is 14.3 Å². The van der Waals surface area contributed by atoms with Gasteiger partial charge in [0.15, 0.2) is 0 Å². The van der Waals surface area contributed by atoms with Crippen LogP contribution in [0.25, 0.3) is 0 Å². The Morgan fingerprint density at radius 3 is 2.70 bits per heavy atom. The zero-order valence-electron chi connectivity index (χ0n) is 15.7. The second-order valence-corrected chi connectivity index (χ2v) is 6.06. The SMILES string of the molecule is CC/C=C(\C=NC)NC(=O)c1ccc(OC)cc1OCc1ccccc1Cl. The number of allylic oxidation sites excluding steroid dienone is 2. The lowest BCUT2D eigenvalue weighted by molar-refractivity contribution is 0.0963.